The molecule has 4 aromatic carbocycles. The number of hydrogen-bond acceptors (Lipinski definition) is 4. The Kier molecular flexibility index (Phi) is 6.12. The lowest BCUT2D eigenvalue weighted by Crippen LogP contribution is -2.30. The summed E-state index contributed by atoms with van der Waals surface area (Å²) in [6.45, 7) is 0.381. The van der Waals surface area contributed by atoms with E-state index in [1.165, 1.54) is 5.39 Å². The van der Waals surface area contributed by atoms with Crippen molar-refractivity contribution in [2.45, 2.75) is 6.61 Å². The molecule has 0 atom stereocenters. The second-order valence-electron chi connectivity index (χ2n) is 7.99. The number of halogens is 1. The molecule has 174 valence electrons. The van der Waals surface area contributed by atoms with Gasteiger partial charge in [-0.25, -0.2) is 9.69 Å². The van der Waals surface area contributed by atoms with E-state index >= 15 is 0 Å². The predicted molar refractivity (Wildman–Crippen MR) is 137 cm³/mol. The fourth-order valence-electron chi connectivity index (χ4n) is 3.91. The molecule has 4 aromatic rings. The molecular formula is C28H21ClN2O4. The highest BCUT2D eigenvalue weighted by atomic mass is 35.5. The molecule has 3 amide bonds. The molecule has 0 radical (unpaired) electrons. The lowest BCUT2D eigenvalue weighted by Gasteiger charge is -2.12. The number of ether oxygens (including phenoxy) is 2. The van der Waals surface area contributed by atoms with Crippen LogP contribution in [0.3, 0.4) is 0 Å². The smallest absolute Gasteiger partial charge is 0.333 e. The zero-order valence-corrected chi connectivity index (χ0v) is 19.6. The Hall–Kier alpha value is -4.29. The van der Waals surface area contributed by atoms with Crippen LogP contribution in [0.5, 0.6) is 11.5 Å². The topological polar surface area (TPSA) is 67.9 Å². The Labute approximate surface area is 207 Å². The number of benzene rings is 4. The molecule has 1 aliphatic heterocycles. The molecule has 35 heavy (non-hydrogen) atoms. The molecular weight excluding hydrogens is 464 g/mol. The van der Waals surface area contributed by atoms with Crippen molar-refractivity contribution in [1.29, 1.82) is 0 Å². The number of amides is 3. The Morgan fingerprint density at radius 3 is 2.43 bits per heavy atom. The van der Waals surface area contributed by atoms with Crippen molar-refractivity contribution in [1.82, 2.24) is 5.32 Å². The van der Waals surface area contributed by atoms with Gasteiger partial charge in [0.25, 0.3) is 5.91 Å². The van der Waals surface area contributed by atoms with E-state index in [9.17, 15) is 9.59 Å². The lowest BCUT2D eigenvalue weighted by molar-refractivity contribution is -0.113. The number of nitrogens with one attached hydrogen (secondary N) is 1. The van der Waals surface area contributed by atoms with Crippen LogP contribution in [-0.4, -0.2) is 19.0 Å². The second kappa shape index (κ2) is 9.52. The standard InChI is InChI=1S/C28H21ClN2O4/c1-34-26-16-18(15-24-27(32)31(28(33)30-24)23-11-9-22(29)10-12-23)7-13-25(26)35-17-19-6-8-20-4-2-3-5-21(20)14-19/h2-16H,17H2,1H3,(H,30,33)/b24-15+. The van der Waals surface area contributed by atoms with Gasteiger partial charge in [-0.3, -0.25) is 4.79 Å². The van der Waals surface area contributed by atoms with Crippen LogP contribution in [-0.2, 0) is 11.4 Å². The maximum atomic E-state index is 12.9. The van der Waals surface area contributed by atoms with E-state index in [1.807, 2.05) is 18.2 Å². The Bertz CT molecular complexity index is 1460. The number of urea groups is 1. The SMILES string of the molecule is COc1cc(/C=C2/NC(=O)N(c3ccc(Cl)cc3)C2=O)ccc1OCc1ccc2ccccc2c1. The first-order chi connectivity index (χ1) is 17.0. The third-order valence-corrected chi connectivity index (χ3v) is 5.92. The molecule has 7 heteroatoms. The summed E-state index contributed by atoms with van der Waals surface area (Å²) in [4.78, 5) is 26.4. The minimum atomic E-state index is -0.522. The van der Waals surface area contributed by atoms with Gasteiger partial charge in [0.1, 0.15) is 12.3 Å². The molecule has 5 rings (SSSR count). The second-order valence-corrected chi connectivity index (χ2v) is 8.42. The van der Waals surface area contributed by atoms with Gasteiger partial charge in [0.15, 0.2) is 11.5 Å². The number of imide groups is 1. The number of nitrogens with zero attached hydrogens (tertiary/aromatic N) is 1. The van der Waals surface area contributed by atoms with Crippen LogP contribution in [0, 0.1) is 0 Å². The normalized spacial score (nSPS) is 14.5. The van der Waals surface area contributed by atoms with Crippen LogP contribution in [0.4, 0.5) is 10.5 Å². The fourth-order valence-corrected chi connectivity index (χ4v) is 4.04. The number of anilines is 1. The summed E-state index contributed by atoms with van der Waals surface area (Å²) < 4.78 is 11.5. The summed E-state index contributed by atoms with van der Waals surface area (Å²) in [5.41, 5.74) is 2.33. The monoisotopic (exact) mass is 484 g/mol. The Morgan fingerprint density at radius 1 is 0.886 bits per heavy atom. The maximum Gasteiger partial charge on any atom is 0.333 e. The fraction of sp³-hybridized carbons (Fsp3) is 0.0714. The first kappa shape index (κ1) is 22.5. The molecule has 1 N–H and O–H groups in total. The van der Waals surface area contributed by atoms with Crippen molar-refractivity contribution < 1.29 is 19.1 Å². The molecule has 1 heterocycles. The van der Waals surface area contributed by atoms with Crippen LogP contribution in [0.15, 0.2) is 90.6 Å². The summed E-state index contributed by atoms with van der Waals surface area (Å²) in [5, 5.41) is 5.47. The Morgan fingerprint density at radius 2 is 1.66 bits per heavy atom. The van der Waals surface area contributed by atoms with E-state index in [1.54, 1.807) is 55.7 Å². The van der Waals surface area contributed by atoms with Crippen LogP contribution < -0.4 is 19.7 Å². The number of rotatable bonds is 6. The highest BCUT2D eigenvalue weighted by Gasteiger charge is 2.34. The maximum absolute atomic E-state index is 12.9. The molecule has 0 unspecified atom stereocenters. The molecule has 1 aliphatic rings. The van der Waals surface area contributed by atoms with Crippen LogP contribution >= 0.6 is 11.6 Å². The van der Waals surface area contributed by atoms with Gasteiger partial charge in [-0.05, 0) is 70.4 Å². The van der Waals surface area contributed by atoms with E-state index in [0.29, 0.717) is 34.4 Å². The highest BCUT2D eigenvalue weighted by Crippen LogP contribution is 2.31. The molecule has 0 bridgehead atoms. The highest BCUT2D eigenvalue weighted by molar-refractivity contribution is 6.31. The minimum absolute atomic E-state index is 0.164. The van der Waals surface area contributed by atoms with E-state index in [2.05, 4.69) is 29.6 Å². The molecule has 0 aromatic heterocycles. The minimum Gasteiger partial charge on any atom is -0.493 e. The lowest BCUT2D eigenvalue weighted by atomic mass is 10.1. The van der Waals surface area contributed by atoms with Gasteiger partial charge in [0.05, 0.1) is 12.8 Å². The van der Waals surface area contributed by atoms with Crippen molar-refractivity contribution in [3.8, 4) is 11.5 Å². The third kappa shape index (κ3) is 4.69. The van der Waals surface area contributed by atoms with Gasteiger partial charge >= 0.3 is 6.03 Å². The van der Waals surface area contributed by atoms with Crippen molar-refractivity contribution in [2.75, 3.05) is 12.0 Å². The van der Waals surface area contributed by atoms with Crippen molar-refractivity contribution >= 4 is 46.1 Å². The first-order valence-corrected chi connectivity index (χ1v) is 11.3. The number of carbonyl (C=O) groups excluding carboxylic acids is 2. The summed E-state index contributed by atoms with van der Waals surface area (Å²) in [6, 6.07) is 25.7. The first-order valence-electron chi connectivity index (χ1n) is 10.9. The molecule has 0 spiro atoms. The summed E-state index contributed by atoms with van der Waals surface area (Å²) in [6.07, 6.45) is 1.60. The van der Waals surface area contributed by atoms with Crippen LogP contribution in [0.2, 0.25) is 5.02 Å². The van der Waals surface area contributed by atoms with Gasteiger partial charge in [-0.1, -0.05) is 54.1 Å². The third-order valence-electron chi connectivity index (χ3n) is 5.67. The Balaban J connectivity index is 1.33. The van der Waals surface area contributed by atoms with E-state index in [4.69, 9.17) is 21.1 Å². The number of fused-ring (bicyclic) bond motifs is 1. The van der Waals surface area contributed by atoms with Crippen molar-refractivity contribution in [2.24, 2.45) is 0 Å². The van der Waals surface area contributed by atoms with Gasteiger partial charge in [0, 0.05) is 5.02 Å². The molecule has 1 fully saturated rings. The van der Waals surface area contributed by atoms with Gasteiger partial charge in [-0.2, -0.15) is 0 Å². The van der Waals surface area contributed by atoms with Crippen LogP contribution in [0.25, 0.3) is 16.8 Å². The van der Waals surface area contributed by atoms with Crippen molar-refractivity contribution in [3.05, 3.63) is 107 Å². The molecule has 0 aliphatic carbocycles. The van der Waals surface area contributed by atoms with Crippen LogP contribution in [0.1, 0.15) is 11.1 Å². The van der Waals surface area contributed by atoms with E-state index < -0.39 is 11.9 Å². The zero-order valence-electron chi connectivity index (χ0n) is 18.8. The van der Waals surface area contributed by atoms with E-state index in [-0.39, 0.29) is 5.70 Å². The van der Waals surface area contributed by atoms with Crippen molar-refractivity contribution in [3.63, 3.8) is 0 Å². The van der Waals surface area contributed by atoms with E-state index in [0.717, 1.165) is 15.8 Å². The average Bonchev–Trinajstić information content (AvgIpc) is 3.15. The quantitative estimate of drug-likeness (QED) is 0.262. The summed E-state index contributed by atoms with van der Waals surface area (Å²) in [7, 11) is 1.56. The number of carbonyl (C=O) groups is 2. The molecule has 6 nitrogen and oxygen atoms in total. The largest absolute Gasteiger partial charge is 0.493 e. The van der Waals surface area contributed by atoms with Gasteiger partial charge in [0.2, 0.25) is 0 Å². The number of methoxy groups -OCH3 is 1. The average molecular weight is 485 g/mol. The molecule has 1 saturated heterocycles. The molecule has 0 saturated carbocycles. The summed E-state index contributed by atoms with van der Waals surface area (Å²) >= 11 is 5.91. The number of hydrogen-bond donors (Lipinski definition) is 1. The summed E-state index contributed by atoms with van der Waals surface area (Å²) in [5.74, 6) is 0.645. The van der Waals surface area contributed by atoms with Gasteiger partial charge in [-0.15, -0.1) is 0 Å². The zero-order chi connectivity index (χ0) is 24.4. The van der Waals surface area contributed by atoms with Gasteiger partial charge < -0.3 is 14.8 Å². The predicted octanol–water partition coefficient (Wildman–Crippen LogP) is 6.18.